The predicted molar refractivity (Wildman–Crippen MR) is 121 cm³/mol. The van der Waals surface area contributed by atoms with Gasteiger partial charge in [-0.2, -0.15) is 0 Å². The van der Waals surface area contributed by atoms with Crippen LogP contribution in [-0.4, -0.2) is 28.7 Å². The number of nitrogens with one attached hydrogen (secondary N) is 4. The highest BCUT2D eigenvalue weighted by Crippen LogP contribution is 2.31. The number of amidine groups is 1. The van der Waals surface area contributed by atoms with E-state index in [-0.39, 0.29) is 23.6 Å². The van der Waals surface area contributed by atoms with E-state index in [2.05, 4.69) is 27.8 Å². The first-order valence-corrected chi connectivity index (χ1v) is 10.5. The van der Waals surface area contributed by atoms with Crippen molar-refractivity contribution in [2.75, 3.05) is 0 Å². The number of fused-ring (bicyclic) bond motifs is 3. The topological polar surface area (TPSA) is 124 Å². The molecule has 0 fully saturated rings. The van der Waals surface area contributed by atoms with E-state index in [4.69, 9.17) is 11.1 Å². The first-order valence-electron chi connectivity index (χ1n) is 10.5. The van der Waals surface area contributed by atoms with Gasteiger partial charge in [0.2, 0.25) is 11.8 Å². The zero-order valence-corrected chi connectivity index (χ0v) is 17.5. The Labute approximate surface area is 180 Å². The Hall–Kier alpha value is -3.61. The fraction of sp³-hybridized carbons (Fsp3) is 0.292. The molecule has 7 heteroatoms. The Bertz CT molecular complexity index is 1130. The molecule has 31 heavy (non-hydrogen) atoms. The quantitative estimate of drug-likeness (QED) is 0.312. The molecule has 0 bridgehead atoms. The number of H-pyrrole nitrogens is 1. The van der Waals surface area contributed by atoms with Crippen molar-refractivity contribution >= 4 is 28.6 Å². The lowest BCUT2D eigenvalue weighted by atomic mass is 9.85. The van der Waals surface area contributed by atoms with Crippen LogP contribution in [0.2, 0.25) is 0 Å². The number of rotatable bonds is 6. The average molecular weight is 418 g/mol. The number of carbonyl (C=O) groups excluding carboxylic acids is 2. The maximum Gasteiger partial charge on any atom is 0.242 e. The monoisotopic (exact) mass is 417 g/mol. The molecule has 1 aliphatic rings. The fourth-order valence-corrected chi connectivity index (χ4v) is 4.13. The van der Waals surface area contributed by atoms with Gasteiger partial charge in [0.1, 0.15) is 11.9 Å². The van der Waals surface area contributed by atoms with Crippen molar-refractivity contribution in [3.8, 4) is 0 Å². The number of aromatic amines is 1. The molecule has 160 valence electrons. The Balaban J connectivity index is 1.32. The third kappa shape index (κ3) is 4.45. The van der Waals surface area contributed by atoms with Gasteiger partial charge < -0.3 is 21.4 Å². The number of carbonyl (C=O) groups is 2. The fourth-order valence-electron chi connectivity index (χ4n) is 4.13. The SMILES string of the molecule is C[C@H](NC(=O)[C@@H]1CCc2[nH]c3ccccc3c2C1)C(=O)NCc1ccc(C(=N)N)cc1. The van der Waals surface area contributed by atoms with Crippen LogP contribution in [-0.2, 0) is 29.0 Å². The average Bonchev–Trinajstić information content (AvgIpc) is 3.15. The number of aryl methyl sites for hydroxylation is 1. The van der Waals surface area contributed by atoms with Crippen molar-refractivity contribution in [1.29, 1.82) is 5.41 Å². The van der Waals surface area contributed by atoms with E-state index in [0.29, 0.717) is 18.5 Å². The number of nitrogens with two attached hydrogens (primary N) is 1. The summed E-state index contributed by atoms with van der Waals surface area (Å²) in [5.41, 5.74) is 10.5. The summed E-state index contributed by atoms with van der Waals surface area (Å²) in [7, 11) is 0. The molecular weight excluding hydrogens is 390 g/mol. The van der Waals surface area contributed by atoms with E-state index >= 15 is 0 Å². The van der Waals surface area contributed by atoms with Crippen LogP contribution in [0.25, 0.3) is 10.9 Å². The van der Waals surface area contributed by atoms with Gasteiger partial charge in [-0.15, -0.1) is 0 Å². The number of hydrogen-bond donors (Lipinski definition) is 5. The second kappa shape index (κ2) is 8.63. The highest BCUT2D eigenvalue weighted by molar-refractivity contribution is 5.95. The Morgan fingerprint density at radius 2 is 1.94 bits per heavy atom. The number of hydrogen-bond acceptors (Lipinski definition) is 3. The molecule has 0 unspecified atom stereocenters. The van der Waals surface area contributed by atoms with Crippen molar-refractivity contribution in [2.24, 2.45) is 11.7 Å². The van der Waals surface area contributed by atoms with Crippen molar-refractivity contribution < 1.29 is 9.59 Å². The molecule has 0 spiro atoms. The molecule has 4 rings (SSSR count). The summed E-state index contributed by atoms with van der Waals surface area (Å²) in [5, 5.41) is 14.3. The molecule has 0 saturated heterocycles. The zero-order valence-electron chi connectivity index (χ0n) is 17.5. The second-order valence-corrected chi connectivity index (χ2v) is 8.13. The van der Waals surface area contributed by atoms with Crippen molar-refractivity contribution in [3.63, 3.8) is 0 Å². The number of amides is 2. The van der Waals surface area contributed by atoms with Crippen LogP contribution in [0.3, 0.4) is 0 Å². The minimum absolute atomic E-state index is 0.00869. The first-order chi connectivity index (χ1) is 14.9. The van der Waals surface area contributed by atoms with Crippen molar-refractivity contribution in [1.82, 2.24) is 15.6 Å². The lowest BCUT2D eigenvalue weighted by Gasteiger charge is -2.23. The summed E-state index contributed by atoms with van der Waals surface area (Å²) in [6.07, 6.45) is 2.28. The van der Waals surface area contributed by atoms with E-state index in [9.17, 15) is 9.59 Å². The Morgan fingerprint density at radius 1 is 1.19 bits per heavy atom. The van der Waals surface area contributed by atoms with Gasteiger partial charge in [-0.05, 0) is 43.4 Å². The van der Waals surface area contributed by atoms with E-state index < -0.39 is 6.04 Å². The number of aromatic nitrogens is 1. The maximum absolute atomic E-state index is 12.8. The molecule has 7 nitrogen and oxygen atoms in total. The zero-order chi connectivity index (χ0) is 22.0. The van der Waals surface area contributed by atoms with Gasteiger partial charge in [0.05, 0.1) is 0 Å². The summed E-state index contributed by atoms with van der Waals surface area (Å²) in [5.74, 6) is -0.438. The molecule has 1 aromatic heterocycles. The first kappa shape index (κ1) is 20.7. The maximum atomic E-state index is 12.8. The Kier molecular flexibility index (Phi) is 5.75. The summed E-state index contributed by atoms with van der Waals surface area (Å²) in [6, 6.07) is 14.7. The molecule has 6 N–H and O–H groups in total. The van der Waals surface area contributed by atoms with Crippen LogP contribution < -0.4 is 16.4 Å². The van der Waals surface area contributed by atoms with Crippen molar-refractivity contribution in [2.45, 2.75) is 38.8 Å². The van der Waals surface area contributed by atoms with Gasteiger partial charge in [-0.25, -0.2) is 0 Å². The normalized spacial score (nSPS) is 16.4. The molecule has 0 radical (unpaired) electrons. The standard InChI is InChI=1S/C24H27N5O2/c1-14(23(30)27-13-15-6-8-16(9-7-15)22(25)26)28-24(31)17-10-11-21-19(12-17)18-4-2-3-5-20(18)29-21/h2-9,14,17,29H,10-13H2,1H3,(H3,25,26)(H,27,30)(H,28,31)/t14-,17+/m0/s1. The van der Waals surface area contributed by atoms with E-state index in [1.165, 1.54) is 16.6 Å². The third-order valence-electron chi connectivity index (χ3n) is 5.95. The van der Waals surface area contributed by atoms with Crippen LogP contribution in [0.15, 0.2) is 48.5 Å². The molecule has 0 aliphatic heterocycles. The number of para-hydroxylation sites is 1. The molecular formula is C24H27N5O2. The second-order valence-electron chi connectivity index (χ2n) is 8.13. The number of benzene rings is 2. The van der Waals surface area contributed by atoms with E-state index in [0.717, 1.165) is 23.9 Å². The summed E-state index contributed by atoms with van der Waals surface area (Å²) < 4.78 is 0. The number of nitrogen functional groups attached to an aromatic ring is 1. The smallest absolute Gasteiger partial charge is 0.242 e. The molecule has 0 saturated carbocycles. The van der Waals surface area contributed by atoms with Gasteiger partial charge >= 0.3 is 0 Å². The van der Waals surface area contributed by atoms with E-state index in [1.807, 2.05) is 24.3 Å². The molecule has 2 aromatic carbocycles. The molecule has 2 amide bonds. The lowest BCUT2D eigenvalue weighted by Crippen LogP contribution is -2.47. The summed E-state index contributed by atoms with van der Waals surface area (Å²) in [6.45, 7) is 2.05. The van der Waals surface area contributed by atoms with Gasteiger partial charge in [-0.3, -0.25) is 15.0 Å². The minimum Gasteiger partial charge on any atom is -0.384 e. The molecule has 1 aliphatic carbocycles. The highest BCUT2D eigenvalue weighted by atomic mass is 16.2. The molecule has 1 heterocycles. The van der Waals surface area contributed by atoms with E-state index in [1.54, 1.807) is 19.1 Å². The van der Waals surface area contributed by atoms with Gasteiger partial charge in [0.15, 0.2) is 0 Å². The van der Waals surface area contributed by atoms with Crippen LogP contribution in [0, 0.1) is 11.3 Å². The van der Waals surface area contributed by atoms with Crippen LogP contribution >= 0.6 is 0 Å². The Morgan fingerprint density at radius 3 is 2.68 bits per heavy atom. The predicted octanol–water partition coefficient (Wildman–Crippen LogP) is 2.38. The highest BCUT2D eigenvalue weighted by Gasteiger charge is 2.29. The van der Waals surface area contributed by atoms with Crippen LogP contribution in [0.4, 0.5) is 0 Å². The minimum atomic E-state index is -0.617. The summed E-state index contributed by atoms with van der Waals surface area (Å²) >= 11 is 0. The third-order valence-corrected chi connectivity index (χ3v) is 5.95. The van der Waals surface area contributed by atoms with Gasteiger partial charge in [0.25, 0.3) is 0 Å². The summed E-state index contributed by atoms with van der Waals surface area (Å²) in [4.78, 5) is 28.7. The molecule has 2 atom stereocenters. The van der Waals surface area contributed by atoms with Crippen LogP contribution in [0.5, 0.6) is 0 Å². The van der Waals surface area contributed by atoms with Gasteiger partial charge in [0, 0.05) is 34.6 Å². The van der Waals surface area contributed by atoms with Gasteiger partial charge in [-0.1, -0.05) is 42.5 Å². The largest absolute Gasteiger partial charge is 0.384 e. The van der Waals surface area contributed by atoms with Crippen LogP contribution in [0.1, 0.15) is 35.7 Å². The van der Waals surface area contributed by atoms with Crippen molar-refractivity contribution in [3.05, 3.63) is 70.9 Å². The molecule has 3 aromatic rings. The lowest BCUT2D eigenvalue weighted by molar-refractivity contribution is -0.131.